The largest absolute Gasteiger partial charge is 0.460 e. The van der Waals surface area contributed by atoms with Crippen molar-refractivity contribution in [3.05, 3.63) is 12.7 Å². The highest BCUT2D eigenvalue weighted by atomic mass is 19.4. The number of ether oxygens (including phenoxy) is 1. The third-order valence-electron chi connectivity index (χ3n) is 4.93. The van der Waals surface area contributed by atoms with Crippen LogP contribution >= 0.6 is 0 Å². The topological polar surface area (TPSA) is 26.3 Å². The Morgan fingerprint density at radius 1 is 0.419 bits per heavy atom. The Morgan fingerprint density at radius 2 is 0.628 bits per heavy atom. The maximum absolute atomic E-state index is 13.7. The number of rotatable bonds is 13. The molecule has 27 heteroatoms. The van der Waals surface area contributed by atoms with Crippen LogP contribution in [0.15, 0.2) is 12.7 Å². The number of hydrogen-bond acceptors (Lipinski definition) is 2. The third kappa shape index (κ3) is 5.07. The van der Waals surface area contributed by atoms with Crippen LogP contribution in [0.25, 0.3) is 0 Å². The van der Waals surface area contributed by atoms with E-state index in [2.05, 4.69) is 11.3 Å². The minimum Gasteiger partial charge on any atom is -0.456 e. The molecule has 0 aromatic rings. The first-order chi connectivity index (χ1) is 18.2. The van der Waals surface area contributed by atoms with E-state index in [4.69, 9.17) is 0 Å². The molecule has 0 aromatic carbocycles. The Morgan fingerprint density at radius 3 is 0.837 bits per heavy atom. The molecule has 0 unspecified atom stereocenters. The van der Waals surface area contributed by atoms with Crippen molar-refractivity contribution in [2.45, 2.75) is 71.3 Å². The van der Waals surface area contributed by atoms with Crippen LogP contribution < -0.4 is 0 Å². The molecule has 256 valence electrons. The molecule has 43 heavy (non-hydrogen) atoms. The van der Waals surface area contributed by atoms with E-state index in [1.807, 2.05) is 0 Å². The van der Waals surface area contributed by atoms with E-state index in [-0.39, 0.29) is 6.08 Å². The lowest BCUT2D eigenvalue weighted by Gasteiger charge is -2.45. The summed E-state index contributed by atoms with van der Waals surface area (Å²) in [6, 6.07) is 0. The van der Waals surface area contributed by atoms with Gasteiger partial charge in [0, 0.05) is 6.08 Å². The summed E-state index contributed by atoms with van der Waals surface area (Å²) in [7, 11) is 0. The van der Waals surface area contributed by atoms with Gasteiger partial charge < -0.3 is 4.74 Å². The van der Waals surface area contributed by atoms with E-state index in [0.29, 0.717) is 0 Å². The molecule has 0 aliphatic carbocycles. The number of halogens is 25. The first kappa shape index (κ1) is 40.5. The number of carbonyl (C=O) groups excluding carboxylic acids is 1. The van der Waals surface area contributed by atoms with E-state index in [1.54, 1.807) is 0 Å². The second-order valence-corrected chi connectivity index (χ2v) is 7.76. The van der Waals surface area contributed by atoms with Crippen LogP contribution in [0.5, 0.6) is 0 Å². The zero-order valence-electron chi connectivity index (χ0n) is 18.8. The molecule has 0 fully saturated rings. The van der Waals surface area contributed by atoms with Gasteiger partial charge in [0.1, 0.15) is 0 Å². The van der Waals surface area contributed by atoms with Crippen LogP contribution in [0.2, 0.25) is 0 Å². The van der Waals surface area contributed by atoms with Crippen LogP contribution in [0.3, 0.4) is 0 Å². The summed E-state index contributed by atoms with van der Waals surface area (Å²) in [5.74, 6) is -102. The SMILES string of the molecule is C=CC(=O)OCC(F)(F)C(F)(F)C(F)(F)C(F)(F)C(F)(F)C(F)(F)C(F)(F)C(F)(F)C(F)(F)C(F)(F)C(F)(F)C(F)(F)F. The maximum atomic E-state index is 13.7. The summed E-state index contributed by atoms with van der Waals surface area (Å²) in [4.78, 5) is 10.5. The monoisotopic (exact) mass is 704 g/mol. The lowest BCUT2D eigenvalue weighted by molar-refractivity contribution is -0.482. The molecule has 0 N–H and O–H groups in total. The lowest BCUT2D eigenvalue weighted by Crippen LogP contribution is -2.78. The standard InChI is InChI=1S/C16H5F25O2/c1-2-4(42)43-3-5(17,18)6(19,20)7(21,22)8(23,24)9(25,26)10(27,28)11(29,30)12(31,32)13(33,34)14(35,36)15(37,38)16(39,40)41/h2H,1,3H2. The average Bonchev–Trinajstić information content (AvgIpc) is 2.80. The van der Waals surface area contributed by atoms with Crippen molar-refractivity contribution in [1.29, 1.82) is 0 Å². The molecule has 0 atom stereocenters. The summed E-state index contributed by atoms with van der Waals surface area (Å²) >= 11 is 0. The Labute approximate surface area is 217 Å². The minimum absolute atomic E-state index is 0.248. The van der Waals surface area contributed by atoms with Crippen LogP contribution in [0.1, 0.15) is 0 Å². The molecule has 2 nitrogen and oxygen atoms in total. The zero-order valence-corrected chi connectivity index (χ0v) is 18.8. The number of carbonyl (C=O) groups is 1. The second kappa shape index (κ2) is 10.3. The van der Waals surface area contributed by atoms with E-state index in [9.17, 15) is 115 Å². The van der Waals surface area contributed by atoms with Crippen molar-refractivity contribution in [3.63, 3.8) is 0 Å². The van der Waals surface area contributed by atoms with Crippen LogP contribution in [0, 0.1) is 0 Å². The van der Waals surface area contributed by atoms with E-state index >= 15 is 0 Å². The fourth-order valence-electron chi connectivity index (χ4n) is 2.30. The van der Waals surface area contributed by atoms with Gasteiger partial charge in [0.25, 0.3) is 0 Å². The van der Waals surface area contributed by atoms with Crippen molar-refractivity contribution >= 4 is 5.97 Å². The molecule has 0 heterocycles. The van der Waals surface area contributed by atoms with E-state index in [1.165, 1.54) is 0 Å². The van der Waals surface area contributed by atoms with Gasteiger partial charge in [-0.25, -0.2) is 4.79 Å². The maximum Gasteiger partial charge on any atom is 0.460 e. The highest BCUT2D eigenvalue weighted by molar-refractivity contribution is 5.81. The van der Waals surface area contributed by atoms with E-state index < -0.39 is 83.9 Å². The predicted octanol–water partition coefficient (Wildman–Crippen LogP) is 8.27. The van der Waals surface area contributed by atoms with Gasteiger partial charge in [-0.05, 0) is 0 Å². The molecule has 0 saturated heterocycles. The first-order valence-corrected chi connectivity index (χ1v) is 9.22. The number of esters is 1. The van der Waals surface area contributed by atoms with Gasteiger partial charge in [-0.2, -0.15) is 110 Å². The van der Waals surface area contributed by atoms with Crippen molar-refractivity contribution in [3.8, 4) is 0 Å². The number of hydrogen-bond donors (Lipinski definition) is 0. The normalized spacial score (nSPS) is 16.3. The Balaban J connectivity index is 7.24. The van der Waals surface area contributed by atoms with Crippen molar-refractivity contribution < 1.29 is 119 Å². The smallest absolute Gasteiger partial charge is 0.456 e. The lowest BCUT2D eigenvalue weighted by atomic mass is 9.84. The molecule has 0 spiro atoms. The van der Waals surface area contributed by atoms with Crippen molar-refractivity contribution in [1.82, 2.24) is 0 Å². The zero-order chi connectivity index (χ0) is 35.7. The molecule has 0 aliphatic heterocycles. The Kier molecular flexibility index (Phi) is 9.64. The average molecular weight is 704 g/mol. The molecule has 0 aliphatic rings. The minimum atomic E-state index is -9.64. The first-order valence-electron chi connectivity index (χ1n) is 9.22. The summed E-state index contributed by atoms with van der Waals surface area (Å²) in [5, 5.41) is 0. The molecule has 0 bridgehead atoms. The van der Waals surface area contributed by atoms with Crippen LogP contribution in [-0.4, -0.2) is 83.9 Å². The quantitative estimate of drug-likeness (QED) is 0.110. The van der Waals surface area contributed by atoms with Crippen molar-refractivity contribution in [2.75, 3.05) is 6.61 Å². The van der Waals surface area contributed by atoms with Crippen LogP contribution in [0.4, 0.5) is 110 Å². The highest BCUT2D eigenvalue weighted by Gasteiger charge is 2.99. The van der Waals surface area contributed by atoms with Gasteiger partial charge in [-0.15, -0.1) is 0 Å². The number of alkyl halides is 25. The summed E-state index contributed by atoms with van der Waals surface area (Å²) in [6.45, 7) is -1.20. The van der Waals surface area contributed by atoms with Gasteiger partial charge in [0.05, 0.1) is 0 Å². The predicted molar refractivity (Wildman–Crippen MR) is 81.6 cm³/mol. The summed E-state index contributed by atoms with van der Waals surface area (Å²) < 4.78 is 334. The Bertz CT molecular complexity index is 1050. The van der Waals surface area contributed by atoms with Crippen molar-refractivity contribution in [2.24, 2.45) is 0 Å². The molecule has 0 saturated carbocycles. The van der Waals surface area contributed by atoms with E-state index in [0.717, 1.165) is 0 Å². The van der Waals surface area contributed by atoms with Gasteiger partial charge >= 0.3 is 77.3 Å². The van der Waals surface area contributed by atoms with Gasteiger partial charge in [0.2, 0.25) is 0 Å². The Hall–Kier alpha value is -2.54. The molecular formula is C16H5F25O2. The van der Waals surface area contributed by atoms with Gasteiger partial charge in [-0.3, -0.25) is 0 Å². The molecule has 0 amide bonds. The van der Waals surface area contributed by atoms with Gasteiger partial charge in [0.15, 0.2) is 6.61 Å². The van der Waals surface area contributed by atoms with Crippen LogP contribution in [-0.2, 0) is 9.53 Å². The molecular weight excluding hydrogens is 699 g/mol. The molecule has 0 rings (SSSR count). The second-order valence-electron chi connectivity index (χ2n) is 7.76. The molecule has 0 radical (unpaired) electrons. The molecule has 0 aromatic heterocycles. The third-order valence-corrected chi connectivity index (χ3v) is 4.93. The summed E-state index contributed by atoms with van der Waals surface area (Å²) in [6.07, 6.45) is -8.44. The fourth-order valence-corrected chi connectivity index (χ4v) is 2.30. The highest BCUT2D eigenvalue weighted by Crippen LogP contribution is 2.67. The fraction of sp³-hybridized carbons (Fsp3) is 0.812. The van der Waals surface area contributed by atoms with Gasteiger partial charge in [-0.1, -0.05) is 6.58 Å². The summed E-state index contributed by atoms with van der Waals surface area (Å²) in [5.41, 5.74) is 0.